The van der Waals surface area contributed by atoms with Gasteiger partial charge in [0.25, 0.3) is 0 Å². The maximum absolute atomic E-state index is 13.6. The van der Waals surface area contributed by atoms with E-state index in [2.05, 4.69) is 5.32 Å². The number of nitrogens with two attached hydrogens (primary N) is 1. The van der Waals surface area contributed by atoms with Gasteiger partial charge in [-0.05, 0) is 36.7 Å². The molecule has 3 N–H and O–H groups in total. The summed E-state index contributed by atoms with van der Waals surface area (Å²) >= 11 is 0. The summed E-state index contributed by atoms with van der Waals surface area (Å²) in [4.78, 5) is 12.9. The average molecular weight is 267 g/mol. The monoisotopic (exact) mass is 267 g/mol. The summed E-state index contributed by atoms with van der Waals surface area (Å²) in [5, 5.41) is 2.98. The molecular weight excluding hydrogens is 245 g/mol. The van der Waals surface area contributed by atoms with Gasteiger partial charge in [-0.1, -0.05) is 13.8 Å². The Bertz CT molecular complexity index is 435. The zero-order valence-corrected chi connectivity index (χ0v) is 11.7. The van der Waals surface area contributed by atoms with Crippen molar-refractivity contribution in [2.75, 3.05) is 25.0 Å². The summed E-state index contributed by atoms with van der Waals surface area (Å²) in [6, 6.07) is 4.80. The van der Waals surface area contributed by atoms with Gasteiger partial charge in [-0.3, -0.25) is 4.79 Å². The zero-order chi connectivity index (χ0) is 14.4. The average Bonchev–Trinajstić information content (AvgIpc) is 2.26. The lowest BCUT2D eigenvalue weighted by atomic mass is 10.1. The Hall–Kier alpha value is -1.62. The Morgan fingerprint density at radius 3 is 2.63 bits per heavy atom. The molecule has 0 radical (unpaired) electrons. The van der Waals surface area contributed by atoms with Crippen molar-refractivity contribution in [2.24, 2.45) is 11.7 Å². The van der Waals surface area contributed by atoms with E-state index in [0.717, 1.165) is 5.56 Å². The van der Waals surface area contributed by atoms with E-state index in [1.54, 1.807) is 7.05 Å². The van der Waals surface area contributed by atoms with E-state index in [4.69, 9.17) is 5.73 Å². The lowest BCUT2D eigenvalue weighted by molar-refractivity contribution is -0.116. The maximum atomic E-state index is 13.6. The number of benzene rings is 1. The van der Waals surface area contributed by atoms with Crippen molar-refractivity contribution in [3.05, 3.63) is 29.6 Å². The van der Waals surface area contributed by atoms with Crippen molar-refractivity contribution >= 4 is 11.6 Å². The predicted molar refractivity (Wildman–Crippen MR) is 75.4 cm³/mol. The number of halogens is 1. The fraction of sp³-hybridized carbons (Fsp3) is 0.500. The van der Waals surface area contributed by atoms with Crippen LogP contribution < -0.4 is 16.0 Å². The molecule has 1 aromatic rings. The summed E-state index contributed by atoms with van der Waals surface area (Å²) < 4.78 is 13.6. The molecule has 106 valence electrons. The molecular formula is C14H22FN3O. The first kappa shape index (κ1) is 15.4. The van der Waals surface area contributed by atoms with Crippen molar-refractivity contribution in [3.8, 4) is 0 Å². The van der Waals surface area contributed by atoms with E-state index in [0.29, 0.717) is 24.7 Å². The summed E-state index contributed by atoms with van der Waals surface area (Å²) in [7, 11) is 1.81. The topological polar surface area (TPSA) is 58.4 Å². The molecule has 0 spiro atoms. The van der Waals surface area contributed by atoms with E-state index < -0.39 is 5.91 Å². The first-order valence-electron chi connectivity index (χ1n) is 6.39. The molecule has 0 aliphatic heterocycles. The van der Waals surface area contributed by atoms with Crippen molar-refractivity contribution in [2.45, 2.75) is 20.4 Å². The largest absolute Gasteiger partial charge is 0.368 e. The zero-order valence-electron chi connectivity index (χ0n) is 11.7. The van der Waals surface area contributed by atoms with Crippen LogP contribution in [0.25, 0.3) is 0 Å². The van der Waals surface area contributed by atoms with Gasteiger partial charge in [-0.25, -0.2) is 4.39 Å². The Morgan fingerprint density at radius 1 is 1.42 bits per heavy atom. The lowest BCUT2D eigenvalue weighted by Crippen LogP contribution is -2.36. The standard InChI is InChI=1S/C14H22FN3O/c1-10(2)8-18(9-14(16)19)13-5-11(7-17-3)4-12(15)6-13/h4-6,10,17H,7-9H2,1-3H3,(H2,16,19). The number of hydrogen-bond donors (Lipinski definition) is 2. The third-order valence-corrected chi connectivity index (χ3v) is 2.62. The van der Waals surface area contributed by atoms with E-state index in [-0.39, 0.29) is 12.4 Å². The molecule has 0 aromatic heterocycles. The molecule has 19 heavy (non-hydrogen) atoms. The lowest BCUT2D eigenvalue weighted by Gasteiger charge is -2.26. The number of hydrogen-bond acceptors (Lipinski definition) is 3. The first-order chi connectivity index (χ1) is 8.92. The highest BCUT2D eigenvalue weighted by atomic mass is 19.1. The molecule has 5 heteroatoms. The first-order valence-corrected chi connectivity index (χ1v) is 6.39. The van der Waals surface area contributed by atoms with Gasteiger partial charge in [-0.15, -0.1) is 0 Å². The smallest absolute Gasteiger partial charge is 0.236 e. The minimum absolute atomic E-state index is 0.0978. The highest BCUT2D eigenvalue weighted by molar-refractivity contribution is 5.79. The Kier molecular flexibility index (Phi) is 5.76. The summed E-state index contributed by atoms with van der Waals surface area (Å²) in [6.45, 7) is 5.42. The minimum Gasteiger partial charge on any atom is -0.368 e. The van der Waals surface area contributed by atoms with Crippen molar-refractivity contribution in [1.29, 1.82) is 0 Å². The minimum atomic E-state index is -0.417. The van der Waals surface area contributed by atoms with Gasteiger partial charge in [0.15, 0.2) is 0 Å². The fourth-order valence-electron chi connectivity index (χ4n) is 2.01. The second kappa shape index (κ2) is 7.09. The van der Waals surface area contributed by atoms with Crippen LogP contribution in [0.15, 0.2) is 18.2 Å². The number of primary amides is 1. The normalized spacial score (nSPS) is 10.8. The van der Waals surface area contributed by atoms with Crippen LogP contribution in [0.3, 0.4) is 0 Å². The SMILES string of the molecule is CNCc1cc(F)cc(N(CC(N)=O)CC(C)C)c1. The molecule has 0 aliphatic carbocycles. The van der Waals surface area contributed by atoms with Gasteiger partial charge in [0.2, 0.25) is 5.91 Å². The molecule has 1 aromatic carbocycles. The molecule has 0 atom stereocenters. The molecule has 0 unspecified atom stereocenters. The molecule has 4 nitrogen and oxygen atoms in total. The van der Waals surface area contributed by atoms with Crippen molar-refractivity contribution < 1.29 is 9.18 Å². The number of nitrogens with zero attached hydrogens (tertiary/aromatic N) is 1. The van der Waals surface area contributed by atoms with E-state index >= 15 is 0 Å². The maximum Gasteiger partial charge on any atom is 0.236 e. The van der Waals surface area contributed by atoms with Crippen molar-refractivity contribution in [1.82, 2.24) is 5.32 Å². The quantitative estimate of drug-likeness (QED) is 0.787. The third-order valence-electron chi connectivity index (χ3n) is 2.62. The van der Waals surface area contributed by atoms with Crippen LogP contribution in [0, 0.1) is 11.7 Å². The Morgan fingerprint density at radius 2 is 2.11 bits per heavy atom. The second-order valence-corrected chi connectivity index (χ2v) is 5.09. The number of amides is 1. The van der Waals surface area contributed by atoms with Gasteiger partial charge in [-0.2, -0.15) is 0 Å². The van der Waals surface area contributed by atoms with Crippen LogP contribution in [0.2, 0.25) is 0 Å². The molecule has 1 rings (SSSR count). The number of carbonyl (C=O) groups excluding carboxylic acids is 1. The number of rotatable bonds is 7. The Labute approximate surface area is 113 Å². The van der Waals surface area contributed by atoms with E-state index in [1.807, 2.05) is 24.8 Å². The molecule has 0 fully saturated rings. The van der Waals surface area contributed by atoms with Crippen molar-refractivity contribution in [3.63, 3.8) is 0 Å². The van der Waals surface area contributed by atoms with Crippen LogP contribution in [0.5, 0.6) is 0 Å². The van der Waals surface area contributed by atoms with Crippen LogP contribution in [-0.2, 0) is 11.3 Å². The van der Waals surface area contributed by atoms with Gasteiger partial charge in [0.1, 0.15) is 5.82 Å². The van der Waals surface area contributed by atoms with Gasteiger partial charge in [0, 0.05) is 18.8 Å². The Balaban J connectivity index is 3.02. The highest BCUT2D eigenvalue weighted by Gasteiger charge is 2.13. The molecule has 0 aliphatic rings. The second-order valence-electron chi connectivity index (χ2n) is 5.09. The van der Waals surface area contributed by atoms with Crippen LogP contribution in [0.4, 0.5) is 10.1 Å². The van der Waals surface area contributed by atoms with Gasteiger partial charge < -0.3 is 16.0 Å². The molecule has 0 saturated carbocycles. The van der Waals surface area contributed by atoms with E-state index in [1.165, 1.54) is 12.1 Å². The highest BCUT2D eigenvalue weighted by Crippen LogP contribution is 2.20. The van der Waals surface area contributed by atoms with Crippen LogP contribution in [-0.4, -0.2) is 26.0 Å². The molecule has 0 saturated heterocycles. The number of anilines is 1. The third kappa shape index (κ3) is 5.26. The van der Waals surface area contributed by atoms with Gasteiger partial charge >= 0.3 is 0 Å². The molecule has 0 bridgehead atoms. The van der Waals surface area contributed by atoms with E-state index in [9.17, 15) is 9.18 Å². The summed E-state index contributed by atoms with van der Waals surface area (Å²) in [5.74, 6) is -0.364. The summed E-state index contributed by atoms with van der Waals surface area (Å²) in [6.07, 6.45) is 0. The molecule has 1 amide bonds. The van der Waals surface area contributed by atoms with Crippen LogP contribution in [0.1, 0.15) is 19.4 Å². The predicted octanol–water partition coefficient (Wildman–Crippen LogP) is 1.49. The van der Waals surface area contributed by atoms with Crippen LogP contribution >= 0.6 is 0 Å². The van der Waals surface area contributed by atoms with Gasteiger partial charge in [0.05, 0.1) is 6.54 Å². The fourth-order valence-corrected chi connectivity index (χ4v) is 2.01. The summed E-state index contributed by atoms with van der Waals surface area (Å²) in [5.41, 5.74) is 6.79. The molecule has 0 heterocycles. The number of nitrogens with one attached hydrogen (secondary N) is 1. The number of carbonyl (C=O) groups is 1.